The molecule has 1 amide bonds. The highest BCUT2D eigenvalue weighted by atomic mass is 19.1. The minimum Gasteiger partial charge on any atom is -0.342 e. The average Bonchev–Trinajstić information content (AvgIpc) is 2.46. The lowest BCUT2D eigenvalue weighted by molar-refractivity contribution is -0.142. The number of amides is 1. The Bertz CT molecular complexity index is 519. The van der Waals surface area contributed by atoms with Gasteiger partial charge >= 0.3 is 0 Å². The van der Waals surface area contributed by atoms with E-state index in [1.807, 2.05) is 18.0 Å². The molecule has 2 aliphatic rings. The Balaban J connectivity index is 1.78. The number of halogens is 1. The van der Waals surface area contributed by atoms with Crippen molar-refractivity contribution in [3.8, 4) is 0 Å². The van der Waals surface area contributed by atoms with Crippen LogP contribution in [-0.2, 0) is 10.2 Å². The van der Waals surface area contributed by atoms with Gasteiger partial charge in [-0.15, -0.1) is 0 Å². The molecule has 0 unspecified atom stereocenters. The Hall–Kier alpha value is -1.42. The lowest BCUT2D eigenvalue weighted by Gasteiger charge is -2.45. The van der Waals surface area contributed by atoms with Crippen LogP contribution in [0.3, 0.4) is 0 Å². The van der Waals surface area contributed by atoms with Crippen molar-refractivity contribution in [3.05, 3.63) is 35.6 Å². The Morgan fingerprint density at radius 2 is 2.05 bits per heavy atom. The SMILES string of the molecule is CNC1CCN(C(=O)C2(c3cccc(F)c3)CCC2)CC1. The molecule has 1 saturated heterocycles. The highest BCUT2D eigenvalue weighted by molar-refractivity contribution is 5.89. The summed E-state index contributed by atoms with van der Waals surface area (Å²) < 4.78 is 13.5. The Kier molecular flexibility index (Phi) is 3.98. The van der Waals surface area contributed by atoms with Crippen LogP contribution in [0.2, 0.25) is 0 Å². The second-order valence-corrected chi connectivity index (χ2v) is 6.30. The van der Waals surface area contributed by atoms with Crippen molar-refractivity contribution in [1.82, 2.24) is 10.2 Å². The van der Waals surface area contributed by atoms with Gasteiger partial charge in [-0.25, -0.2) is 4.39 Å². The van der Waals surface area contributed by atoms with Crippen LogP contribution in [0.25, 0.3) is 0 Å². The maximum atomic E-state index is 13.5. The van der Waals surface area contributed by atoms with E-state index in [1.54, 1.807) is 6.07 Å². The van der Waals surface area contributed by atoms with Gasteiger partial charge in [-0.05, 0) is 50.4 Å². The number of nitrogens with one attached hydrogen (secondary N) is 1. The zero-order chi connectivity index (χ0) is 14.9. The Morgan fingerprint density at radius 3 is 2.57 bits per heavy atom. The number of hydrogen-bond donors (Lipinski definition) is 1. The minimum atomic E-state index is -0.464. The predicted octanol–water partition coefficient (Wildman–Crippen LogP) is 2.46. The van der Waals surface area contributed by atoms with E-state index in [4.69, 9.17) is 0 Å². The van der Waals surface area contributed by atoms with Gasteiger partial charge in [0.25, 0.3) is 0 Å². The molecule has 1 aliphatic carbocycles. The summed E-state index contributed by atoms with van der Waals surface area (Å²) in [5.41, 5.74) is 0.392. The molecule has 1 N–H and O–H groups in total. The first kappa shape index (κ1) is 14.5. The topological polar surface area (TPSA) is 32.3 Å². The number of hydrogen-bond acceptors (Lipinski definition) is 2. The molecule has 0 radical (unpaired) electrons. The number of rotatable bonds is 3. The van der Waals surface area contributed by atoms with E-state index < -0.39 is 5.41 Å². The summed E-state index contributed by atoms with van der Waals surface area (Å²) in [6.45, 7) is 1.61. The molecule has 1 aromatic carbocycles. The molecule has 0 spiro atoms. The summed E-state index contributed by atoms with van der Waals surface area (Å²) in [5.74, 6) is -0.0469. The molecule has 3 nitrogen and oxygen atoms in total. The van der Waals surface area contributed by atoms with Gasteiger partial charge in [-0.2, -0.15) is 0 Å². The second kappa shape index (κ2) is 5.76. The summed E-state index contributed by atoms with van der Waals surface area (Å²) in [5, 5.41) is 3.28. The van der Waals surface area contributed by atoms with Gasteiger partial charge < -0.3 is 10.2 Å². The van der Waals surface area contributed by atoms with Gasteiger partial charge in [0.05, 0.1) is 5.41 Å². The summed E-state index contributed by atoms with van der Waals surface area (Å²) in [6, 6.07) is 7.11. The van der Waals surface area contributed by atoms with Crippen LogP contribution in [0.5, 0.6) is 0 Å². The monoisotopic (exact) mass is 290 g/mol. The average molecular weight is 290 g/mol. The summed E-state index contributed by atoms with van der Waals surface area (Å²) >= 11 is 0. The number of carbonyl (C=O) groups excluding carboxylic acids is 1. The lowest BCUT2D eigenvalue weighted by Crippen LogP contribution is -2.54. The van der Waals surface area contributed by atoms with Crippen molar-refractivity contribution >= 4 is 5.91 Å². The fourth-order valence-electron chi connectivity index (χ4n) is 3.62. The number of piperidine rings is 1. The molecular formula is C17H23FN2O. The van der Waals surface area contributed by atoms with Crippen molar-refractivity contribution in [3.63, 3.8) is 0 Å². The first-order valence-electron chi connectivity index (χ1n) is 7.88. The van der Waals surface area contributed by atoms with E-state index >= 15 is 0 Å². The Morgan fingerprint density at radius 1 is 1.33 bits per heavy atom. The van der Waals surface area contributed by atoms with Gasteiger partial charge in [-0.1, -0.05) is 18.6 Å². The molecule has 0 atom stereocenters. The van der Waals surface area contributed by atoms with E-state index in [1.165, 1.54) is 12.1 Å². The Labute approximate surface area is 125 Å². The predicted molar refractivity (Wildman–Crippen MR) is 80.6 cm³/mol. The van der Waals surface area contributed by atoms with Gasteiger partial charge in [0, 0.05) is 19.1 Å². The van der Waals surface area contributed by atoms with Crippen LogP contribution >= 0.6 is 0 Å². The van der Waals surface area contributed by atoms with Gasteiger partial charge in [0.1, 0.15) is 5.82 Å². The van der Waals surface area contributed by atoms with Gasteiger partial charge in [0.15, 0.2) is 0 Å². The second-order valence-electron chi connectivity index (χ2n) is 6.30. The van der Waals surface area contributed by atoms with E-state index in [2.05, 4.69) is 5.32 Å². The summed E-state index contributed by atoms with van der Waals surface area (Å²) in [7, 11) is 1.97. The molecule has 1 saturated carbocycles. The van der Waals surface area contributed by atoms with Crippen molar-refractivity contribution in [2.45, 2.75) is 43.6 Å². The molecule has 4 heteroatoms. The molecular weight excluding hydrogens is 267 g/mol. The van der Waals surface area contributed by atoms with Crippen molar-refractivity contribution < 1.29 is 9.18 Å². The summed E-state index contributed by atoms with van der Waals surface area (Å²) in [4.78, 5) is 15.0. The van der Waals surface area contributed by atoms with Crippen LogP contribution in [0.15, 0.2) is 24.3 Å². The molecule has 2 fully saturated rings. The zero-order valence-corrected chi connectivity index (χ0v) is 12.6. The number of carbonyl (C=O) groups is 1. The van der Waals surface area contributed by atoms with Crippen molar-refractivity contribution in [2.24, 2.45) is 0 Å². The quantitative estimate of drug-likeness (QED) is 0.927. The molecule has 21 heavy (non-hydrogen) atoms. The lowest BCUT2D eigenvalue weighted by atomic mass is 9.63. The van der Waals surface area contributed by atoms with E-state index in [-0.39, 0.29) is 11.7 Å². The fourth-order valence-corrected chi connectivity index (χ4v) is 3.62. The maximum absolute atomic E-state index is 13.5. The molecule has 1 aliphatic heterocycles. The van der Waals surface area contributed by atoms with E-state index in [0.717, 1.165) is 50.8 Å². The first-order chi connectivity index (χ1) is 10.2. The van der Waals surface area contributed by atoms with Crippen LogP contribution < -0.4 is 5.32 Å². The number of nitrogens with zero attached hydrogens (tertiary/aromatic N) is 1. The third-order valence-electron chi connectivity index (χ3n) is 5.18. The highest BCUT2D eigenvalue weighted by Crippen LogP contribution is 2.45. The molecule has 0 bridgehead atoms. The largest absolute Gasteiger partial charge is 0.342 e. The van der Waals surface area contributed by atoms with Gasteiger partial charge in [0.2, 0.25) is 5.91 Å². The van der Waals surface area contributed by atoms with Gasteiger partial charge in [-0.3, -0.25) is 4.79 Å². The third-order valence-corrected chi connectivity index (χ3v) is 5.18. The van der Waals surface area contributed by atoms with Crippen LogP contribution in [-0.4, -0.2) is 37.0 Å². The maximum Gasteiger partial charge on any atom is 0.233 e. The standard InChI is InChI=1S/C17H23FN2O/c1-19-15-6-10-20(11-7-15)16(21)17(8-3-9-17)13-4-2-5-14(18)12-13/h2,4-5,12,15,19H,3,6-11H2,1H3. The number of likely N-dealkylation sites (tertiary alicyclic amines) is 1. The van der Waals surface area contributed by atoms with Crippen LogP contribution in [0, 0.1) is 5.82 Å². The molecule has 0 aromatic heterocycles. The number of benzene rings is 1. The van der Waals surface area contributed by atoms with E-state index in [0.29, 0.717) is 6.04 Å². The molecule has 1 heterocycles. The fraction of sp³-hybridized carbons (Fsp3) is 0.588. The van der Waals surface area contributed by atoms with E-state index in [9.17, 15) is 9.18 Å². The highest BCUT2D eigenvalue weighted by Gasteiger charge is 2.48. The minimum absolute atomic E-state index is 0.203. The first-order valence-corrected chi connectivity index (χ1v) is 7.88. The van der Waals surface area contributed by atoms with Crippen LogP contribution in [0.4, 0.5) is 4.39 Å². The summed E-state index contributed by atoms with van der Waals surface area (Å²) in [6.07, 6.45) is 4.75. The van der Waals surface area contributed by atoms with Crippen LogP contribution in [0.1, 0.15) is 37.7 Å². The molecule has 1 aromatic rings. The third kappa shape index (κ3) is 2.57. The van der Waals surface area contributed by atoms with Crippen molar-refractivity contribution in [2.75, 3.05) is 20.1 Å². The smallest absolute Gasteiger partial charge is 0.233 e. The molecule has 114 valence electrons. The molecule has 3 rings (SSSR count). The van der Waals surface area contributed by atoms with Crippen molar-refractivity contribution in [1.29, 1.82) is 0 Å². The normalized spacial score (nSPS) is 21.9. The zero-order valence-electron chi connectivity index (χ0n) is 12.6.